The van der Waals surface area contributed by atoms with E-state index >= 15 is 0 Å². The lowest BCUT2D eigenvalue weighted by molar-refractivity contribution is 0.590. The van der Waals surface area contributed by atoms with Crippen molar-refractivity contribution >= 4 is 35.7 Å². The fourth-order valence-corrected chi connectivity index (χ4v) is 1.41. The predicted molar refractivity (Wildman–Crippen MR) is 64.0 cm³/mol. The van der Waals surface area contributed by atoms with E-state index < -0.39 is 11.6 Å². The van der Waals surface area contributed by atoms with Gasteiger partial charge < -0.3 is 5.73 Å². The Kier molecular flexibility index (Phi) is 5.58. The molecule has 0 aliphatic rings. The van der Waals surface area contributed by atoms with Gasteiger partial charge in [0.15, 0.2) is 5.82 Å². The van der Waals surface area contributed by atoms with Crippen LogP contribution in [-0.2, 0) is 6.54 Å². The predicted octanol–water partition coefficient (Wildman–Crippen LogP) is 2.82. The minimum atomic E-state index is -0.657. The van der Waals surface area contributed by atoms with Gasteiger partial charge in [0.25, 0.3) is 0 Å². The van der Waals surface area contributed by atoms with Crippen molar-refractivity contribution < 1.29 is 8.78 Å². The largest absolute Gasteiger partial charge is 0.326 e. The van der Waals surface area contributed by atoms with E-state index in [4.69, 9.17) is 5.73 Å². The first kappa shape index (κ1) is 15.0. The highest BCUT2D eigenvalue weighted by atomic mass is 35.5. The van der Waals surface area contributed by atoms with Gasteiger partial charge in [0, 0.05) is 24.2 Å². The third-order valence-electron chi connectivity index (χ3n) is 2.07. The van der Waals surface area contributed by atoms with E-state index in [9.17, 15) is 8.78 Å². The number of nitrogens with zero attached hydrogens (tertiary/aromatic N) is 1. The van der Waals surface area contributed by atoms with Crippen LogP contribution >= 0.6 is 24.8 Å². The molecule has 1 aromatic carbocycles. The third-order valence-corrected chi connectivity index (χ3v) is 2.07. The van der Waals surface area contributed by atoms with E-state index in [1.54, 1.807) is 6.07 Å². The van der Waals surface area contributed by atoms with Crippen molar-refractivity contribution in [3.8, 4) is 0 Å². The first-order valence-electron chi connectivity index (χ1n) is 4.15. The lowest BCUT2D eigenvalue weighted by Crippen LogP contribution is -1.99. The van der Waals surface area contributed by atoms with E-state index in [0.717, 1.165) is 6.07 Å². The second-order valence-corrected chi connectivity index (χ2v) is 2.96. The summed E-state index contributed by atoms with van der Waals surface area (Å²) in [7, 11) is 0. The number of hydrogen-bond donors (Lipinski definition) is 1. The van der Waals surface area contributed by atoms with Crippen LogP contribution in [0.4, 0.5) is 8.78 Å². The quantitative estimate of drug-likeness (QED) is 0.862. The molecule has 1 heterocycles. The van der Waals surface area contributed by atoms with Crippen molar-refractivity contribution in [1.29, 1.82) is 0 Å². The Morgan fingerprint density at radius 3 is 2.50 bits per heavy atom. The van der Waals surface area contributed by atoms with E-state index in [1.165, 1.54) is 12.3 Å². The zero-order valence-electron chi connectivity index (χ0n) is 8.11. The van der Waals surface area contributed by atoms with Crippen LogP contribution in [0.3, 0.4) is 0 Å². The number of benzene rings is 1. The van der Waals surface area contributed by atoms with Crippen LogP contribution in [0.2, 0.25) is 0 Å². The van der Waals surface area contributed by atoms with Crippen molar-refractivity contribution in [2.24, 2.45) is 5.73 Å². The van der Waals surface area contributed by atoms with Crippen molar-refractivity contribution in [3.05, 3.63) is 41.6 Å². The lowest BCUT2D eigenvalue weighted by Gasteiger charge is -2.03. The fraction of sp³-hybridized carbons (Fsp3) is 0.100. The molecule has 16 heavy (non-hydrogen) atoms. The van der Waals surface area contributed by atoms with Gasteiger partial charge in [-0.05, 0) is 17.7 Å². The summed E-state index contributed by atoms with van der Waals surface area (Å²) in [5.74, 6) is -1.27. The third kappa shape index (κ3) is 2.58. The highest BCUT2D eigenvalue weighted by Gasteiger charge is 2.07. The molecule has 0 radical (unpaired) electrons. The molecule has 0 saturated carbocycles. The van der Waals surface area contributed by atoms with E-state index in [0.29, 0.717) is 10.9 Å². The van der Waals surface area contributed by atoms with Crippen molar-refractivity contribution in [2.75, 3.05) is 0 Å². The highest BCUT2D eigenvalue weighted by Crippen LogP contribution is 2.20. The SMILES string of the molecule is Cl.Cl.NCc1ccnc2c(F)cc(F)cc12. The van der Waals surface area contributed by atoms with Crippen molar-refractivity contribution in [3.63, 3.8) is 0 Å². The minimum absolute atomic E-state index is 0. The molecule has 88 valence electrons. The number of nitrogens with two attached hydrogens (primary N) is 1. The first-order valence-corrected chi connectivity index (χ1v) is 4.15. The summed E-state index contributed by atoms with van der Waals surface area (Å²) < 4.78 is 26.1. The summed E-state index contributed by atoms with van der Waals surface area (Å²) in [5.41, 5.74) is 6.29. The van der Waals surface area contributed by atoms with Gasteiger partial charge in [-0.2, -0.15) is 0 Å². The molecule has 2 rings (SSSR count). The Labute approximate surface area is 104 Å². The number of halogens is 4. The molecule has 2 aromatic rings. The number of fused-ring (bicyclic) bond motifs is 1. The molecular formula is C10H10Cl2F2N2. The molecule has 2 N–H and O–H groups in total. The Balaban J connectivity index is 0.00000112. The molecule has 0 saturated heterocycles. The smallest absolute Gasteiger partial charge is 0.152 e. The van der Waals surface area contributed by atoms with Gasteiger partial charge in [-0.3, -0.25) is 4.98 Å². The van der Waals surface area contributed by atoms with Crippen LogP contribution < -0.4 is 5.73 Å². The van der Waals surface area contributed by atoms with Gasteiger partial charge in [-0.15, -0.1) is 24.8 Å². The average Bonchev–Trinajstić information content (AvgIpc) is 2.17. The standard InChI is InChI=1S/C10H8F2N2.2ClH/c11-7-3-8-6(5-13)1-2-14-10(8)9(12)4-7;;/h1-4H,5,13H2;2*1H. The number of pyridine rings is 1. The maximum absolute atomic E-state index is 13.2. The zero-order valence-corrected chi connectivity index (χ0v) is 9.75. The van der Waals surface area contributed by atoms with E-state index in [-0.39, 0.29) is 36.9 Å². The summed E-state index contributed by atoms with van der Waals surface area (Å²) in [6.45, 7) is 0.238. The first-order chi connectivity index (χ1) is 6.72. The van der Waals surface area contributed by atoms with Crippen LogP contribution in [0.5, 0.6) is 0 Å². The van der Waals surface area contributed by atoms with E-state index in [2.05, 4.69) is 4.98 Å². The molecule has 0 amide bonds. The Bertz CT molecular complexity index is 491. The molecular weight excluding hydrogens is 257 g/mol. The molecule has 0 fully saturated rings. The second-order valence-electron chi connectivity index (χ2n) is 2.96. The molecule has 0 aliphatic heterocycles. The van der Waals surface area contributed by atoms with Gasteiger partial charge in [0.2, 0.25) is 0 Å². The second kappa shape index (κ2) is 5.94. The molecule has 0 spiro atoms. The molecule has 0 aliphatic carbocycles. The van der Waals surface area contributed by atoms with Gasteiger partial charge in [-0.25, -0.2) is 8.78 Å². The molecule has 0 atom stereocenters. The van der Waals surface area contributed by atoms with Crippen molar-refractivity contribution in [2.45, 2.75) is 6.54 Å². The van der Waals surface area contributed by atoms with Gasteiger partial charge >= 0.3 is 0 Å². The fourth-order valence-electron chi connectivity index (χ4n) is 1.41. The normalized spacial score (nSPS) is 9.44. The van der Waals surface area contributed by atoms with Crippen molar-refractivity contribution in [1.82, 2.24) is 4.98 Å². The average molecular weight is 267 g/mol. The van der Waals surface area contributed by atoms with Gasteiger partial charge in [0.1, 0.15) is 11.3 Å². The molecule has 1 aromatic heterocycles. The van der Waals surface area contributed by atoms with Gasteiger partial charge in [-0.1, -0.05) is 0 Å². The summed E-state index contributed by atoms with van der Waals surface area (Å²) in [4.78, 5) is 3.83. The van der Waals surface area contributed by atoms with Gasteiger partial charge in [0.05, 0.1) is 0 Å². The van der Waals surface area contributed by atoms with E-state index in [1.807, 2.05) is 0 Å². The molecule has 2 nitrogen and oxygen atoms in total. The molecule has 0 bridgehead atoms. The summed E-state index contributed by atoms with van der Waals surface area (Å²) >= 11 is 0. The summed E-state index contributed by atoms with van der Waals surface area (Å²) in [5, 5.41) is 0.438. The maximum Gasteiger partial charge on any atom is 0.152 e. The summed E-state index contributed by atoms with van der Waals surface area (Å²) in [6.07, 6.45) is 1.46. The Morgan fingerprint density at radius 2 is 1.88 bits per heavy atom. The number of aromatic nitrogens is 1. The highest BCUT2D eigenvalue weighted by molar-refractivity contribution is 5.85. The Hall–Kier alpha value is -0.970. The Morgan fingerprint density at radius 1 is 1.19 bits per heavy atom. The zero-order chi connectivity index (χ0) is 10.1. The monoisotopic (exact) mass is 266 g/mol. The minimum Gasteiger partial charge on any atom is -0.326 e. The summed E-state index contributed by atoms with van der Waals surface area (Å²) in [6, 6.07) is 3.71. The van der Waals surface area contributed by atoms with Crippen LogP contribution in [0.25, 0.3) is 10.9 Å². The van der Waals surface area contributed by atoms with Crippen LogP contribution in [0.1, 0.15) is 5.56 Å². The van der Waals surface area contributed by atoms with Crippen LogP contribution in [-0.4, -0.2) is 4.98 Å². The lowest BCUT2D eigenvalue weighted by atomic mass is 10.1. The van der Waals surface area contributed by atoms with Crippen LogP contribution in [0, 0.1) is 11.6 Å². The topological polar surface area (TPSA) is 38.9 Å². The number of rotatable bonds is 1. The number of hydrogen-bond acceptors (Lipinski definition) is 2. The maximum atomic E-state index is 13.2. The van der Waals surface area contributed by atoms with Crippen LogP contribution in [0.15, 0.2) is 24.4 Å². The molecule has 6 heteroatoms. The molecule has 0 unspecified atom stereocenters.